The molecule has 1 amide bonds. The van der Waals surface area contributed by atoms with Crippen LogP contribution in [0.15, 0.2) is 35.1 Å². The summed E-state index contributed by atoms with van der Waals surface area (Å²) >= 11 is 3.23. The second-order valence-corrected chi connectivity index (χ2v) is 5.18. The Morgan fingerprint density at radius 1 is 1.45 bits per heavy atom. The Balaban J connectivity index is 2.54. The largest absolute Gasteiger partial charge is 0.345 e. The van der Waals surface area contributed by atoms with Crippen LogP contribution < -0.4 is 0 Å². The Morgan fingerprint density at radius 2 is 2.15 bits per heavy atom. The number of rotatable bonds is 3. The fourth-order valence-electron chi connectivity index (χ4n) is 1.69. The first-order valence-corrected chi connectivity index (χ1v) is 6.40. The molecule has 0 bridgehead atoms. The monoisotopic (exact) mass is 338 g/mol. The van der Waals surface area contributed by atoms with Crippen LogP contribution in [0, 0.1) is 10.1 Å². The van der Waals surface area contributed by atoms with Crippen LogP contribution in [0.5, 0.6) is 0 Å². The maximum absolute atomic E-state index is 11.8. The average Bonchev–Trinajstić information content (AvgIpc) is 2.83. The summed E-state index contributed by atoms with van der Waals surface area (Å²) in [6, 6.07) is 4.31. The van der Waals surface area contributed by atoms with Gasteiger partial charge in [0, 0.05) is 31.9 Å². The lowest BCUT2D eigenvalue weighted by Crippen LogP contribution is -2.21. The fraction of sp³-hybridized carbons (Fsp3) is 0.167. The number of hydrogen-bond donors (Lipinski definition) is 0. The molecule has 0 aliphatic heterocycles. The molecular weight excluding hydrogens is 328 g/mol. The second-order valence-electron chi connectivity index (χ2n) is 4.26. The van der Waals surface area contributed by atoms with Gasteiger partial charge in [-0.2, -0.15) is 5.10 Å². The predicted molar refractivity (Wildman–Crippen MR) is 75.9 cm³/mol. The van der Waals surface area contributed by atoms with Gasteiger partial charge < -0.3 is 4.90 Å². The molecule has 0 spiro atoms. The summed E-state index contributed by atoms with van der Waals surface area (Å²) in [6.45, 7) is 0. The molecule has 0 saturated carbocycles. The van der Waals surface area contributed by atoms with Crippen molar-refractivity contribution in [2.24, 2.45) is 0 Å². The van der Waals surface area contributed by atoms with Crippen LogP contribution >= 0.6 is 15.9 Å². The van der Waals surface area contributed by atoms with E-state index in [0.29, 0.717) is 10.2 Å². The first-order chi connectivity index (χ1) is 9.40. The number of nitro benzene ring substituents is 1. The third-order valence-corrected chi connectivity index (χ3v) is 3.03. The van der Waals surface area contributed by atoms with E-state index in [1.165, 1.54) is 27.9 Å². The Labute approximate surface area is 123 Å². The van der Waals surface area contributed by atoms with E-state index < -0.39 is 4.92 Å². The Bertz CT molecular complexity index is 681. The normalized spacial score (nSPS) is 10.3. The maximum atomic E-state index is 11.8. The number of amides is 1. The smallest absolute Gasteiger partial charge is 0.295 e. The van der Waals surface area contributed by atoms with Crippen LogP contribution in [-0.2, 0) is 0 Å². The van der Waals surface area contributed by atoms with E-state index in [9.17, 15) is 14.9 Å². The number of nitrogens with zero attached hydrogens (tertiary/aromatic N) is 4. The molecule has 104 valence electrons. The molecule has 0 saturated heterocycles. The quantitative estimate of drug-likeness (QED) is 0.634. The van der Waals surface area contributed by atoms with Gasteiger partial charge in [0.05, 0.1) is 15.6 Å². The molecule has 0 aliphatic carbocycles. The van der Waals surface area contributed by atoms with E-state index in [2.05, 4.69) is 21.0 Å². The van der Waals surface area contributed by atoms with Crippen molar-refractivity contribution in [3.63, 3.8) is 0 Å². The lowest BCUT2D eigenvalue weighted by molar-refractivity contribution is -0.384. The molecule has 0 N–H and O–H groups in total. The van der Waals surface area contributed by atoms with Crippen molar-refractivity contribution >= 4 is 27.5 Å². The number of carbonyl (C=O) groups is 1. The van der Waals surface area contributed by atoms with Gasteiger partial charge in [0.25, 0.3) is 11.6 Å². The minimum atomic E-state index is -0.530. The highest BCUT2D eigenvalue weighted by Crippen LogP contribution is 2.25. The van der Waals surface area contributed by atoms with Gasteiger partial charge in [0.2, 0.25) is 0 Å². The van der Waals surface area contributed by atoms with Crippen LogP contribution in [0.25, 0.3) is 5.69 Å². The van der Waals surface area contributed by atoms with Gasteiger partial charge in [-0.15, -0.1) is 0 Å². The highest BCUT2D eigenvalue weighted by Gasteiger charge is 2.20. The Kier molecular flexibility index (Phi) is 3.84. The third-order valence-electron chi connectivity index (χ3n) is 2.62. The van der Waals surface area contributed by atoms with Crippen molar-refractivity contribution in [1.29, 1.82) is 0 Å². The molecule has 0 fully saturated rings. The number of halogens is 1. The van der Waals surface area contributed by atoms with Crippen LogP contribution in [0.1, 0.15) is 10.4 Å². The molecule has 8 heteroatoms. The molecule has 1 heterocycles. The highest BCUT2D eigenvalue weighted by molar-refractivity contribution is 9.10. The van der Waals surface area contributed by atoms with Gasteiger partial charge in [0.1, 0.15) is 5.69 Å². The van der Waals surface area contributed by atoms with Crippen molar-refractivity contribution in [2.45, 2.75) is 0 Å². The summed E-state index contributed by atoms with van der Waals surface area (Å²) in [6.07, 6.45) is 3.14. The molecule has 2 rings (SSSR count). The van der Waals surface area contributed by atoms with E-state index >= 15 is 0 Å². The molecule has 0 radical (unpaired) electrons. The topological polar surface area (TPSA) is 81.3 Å². The minimum Gasteiger partial charge on any atom is -0.345 e. The highest BCUT2D eigenvalue weighted by atomic mass is 79.9. The maximum Gasteiger partial charge on any atom is 0.295 e. The van der Waals surface area contributed by atoms with Crippen molar-refractivity contribution in [3.8, 4) is 5.69 Å². The Morgan fingerprint density at radius 3 is 2.65 bits per heavy atom. The molecule has 1 aromatic carbocycles. The second kappa shape index (κ2) is 5.41. The van der Waals surface area contributed by atoms with Crippen molar-refractivity contribution in [1.82, 2.24) is 14.7 Å². The number of hydrogen-bond acceptors (Lipinski definition) is 4. The summed E-state index contributed by atoms with van der Waals surface area (Å²) in [5.74, 6) is -0.290. The average molecular weight is 339 g/mol. The van der Waals surface area contributed by atoms with E-state index in [-0.39, 0.29) is 17.2 Å². The van der Waals surface area contributed by atoms with Crippen LogP contribution in [0.3, 0.4) is 0 Å². The third kappa shape index (κ3) is 2.69. The number of benzene rings is 1. The van der Waals surface area contributed by atoms with Gasteiger partial charge in [0.15, 0.2) is 0 Å². The SMILES string of the molecule is CN(C)C(=O)c1ccc(-n2cc(Br)cn2)c([N+](=O)[O-])c1. The van der Waals surface area contributed by atoms with Gasteiger partial charge >= 0.3 is 0 Å². The van der Waals surface area contributed by atoms with Crippen molar-refractivity contribution in [2.75, 3.05) is 14.1 Å². The van der Waals surface area contributed by atoms with Crippen LogP contribution in [0.4, 0.5) is 5.69 Å². The fourth-order valence-corrected chi connectivity index (χ4v) is 1.97. The molecule has 20 heavy (non-hydrogen) atoms. The van der Waals surface area contributed by atoms with Gasteiger partial charge in [-0.05, 0) is 28.1 Å². The van der Waals surface area contributed by atoms with Gasteiger partial charge in [-0.25, -0.2) is 4.68 Å². The van der Waals surface area contributed by atoms with E-state index in [1.54, 1.807) is 26.4 Å². The van der Waals surface area contributed by atoms with Crippen molar-refractivity contribution in [3.05, 3.63) is 50.7 Å². The number of carbonyl (C=O) groups excluding carboxylic acids is 1. The molecule has 2 aromatic rings. The summed E-state index contributed by atoms with van der Waals surface area (Å²) in [5, 5.41) is 15.2. The van der Waals surface area contributed by atoms with Crippen LogP contribution in [0.2, 0.25) is 0 Å². The summed E-state index contributed by atoms with van der Waals surface area (Å²) in [4.78, 5) is 23.9. The lowest BCUT2D eigenvalue weighted by atomic mass is 10.1. The van der Waals surface area contributed by atoms with E-state index in [0.717, 1.165) is 0 Å². The molecule has 0 unspecified atom stereocenters. The standard InChI is InChI=1S/C12H11BrN4O3/c1-15(2)12(18)8-3-4-10(11(5-8)17(19)20)16-7-9(13)6-14-16/h3-7H,1-2H3. The molecule has 0 atom stereocenters. The van der Waals surface area contributed by atoms with E-state index in [4.69, 9.17) is 0 Å². The molecule has 1 aromatic heterocycles. The number of aromatic nitrogens is 2. The van der Waals surface area contributed by atoms with Gasteiger partial charge in [-0.1, -0.05) is 0 Å². The predicted octanol–water partition coefficient (Wildman–Crippen LogP) is 2.24. The lowest BCUT2D eigenvalue weighted by Gasteiger charge is -2.11. The molecular formula is C12H11BrN4O3. The summed E-state index contributed by atoms with van der Waals surface area (Å²) in [5.41, 5.74) is 0.390. The van der Waals surface area contributed by atoms with Crippen LogP contribution in [-0.4, -0.2) is 39.6 Å². The minimum absolute atomic E-state index is 0.173. The van der Waals surface area contributed by atoms with Crippen molar-refractivity contribution < 1.29 is 9.72 Å². The zero-order chi connectivity index (χ0) is 14.9. The first-order valence-electron chi connectivity index (χ1n) is 5.61. The first kappa shape index (κ1) is 14.2. The molecule has 7 nitrogen and oxygen atoms in total. The number of nitro groups is 1. The van der Waals surface area contributed by atoms with E-state index in [1.807, 2.05) is 0 Å². The zero-order valence-electron chi connectivity index (χ0n) is 10.8. The zero-order valence-corrected chi connectivity index (χ0v) is 12.4. The summed E-state index contributed by atoms with van der Waals surface area (Å²) in [7, 11) is 3.18. The Hall–Kier alpha value is -2.22. The summed E-state index contributed by atoms with van der Waals surface area (Å²) < 4.78 is 2.09. The molecule has 0 aliphatic rings. The van der Waals surface area contributed by atoms with Gasteiger partial charge in [-0.3, -0.25) is 14.9 Å².